The fourth-order valence-electron chi connectivity index (χ4n) is 5.55. The van der Waals surface area contributed by atoms with Gasteiger partial charge in [-0.15, -0.1) is 0 Å². The number of aromatic nitrogens is 1. The molecule has 0 aliphatic heterocycles. The Morgan fingerprint density at radius 2 is 1.85 bits per heavy atom. The summed E-state index contributed by atoms with van der Waals surface area (Å²) in [5.74, 6) is 1.49. The number of benzene rings is 2. The first-order chi connectivity index (χ1) is 16.4. The fourth-order valence-corrected chi connectivity index (χ4v) is 5.90. The largest absolute Gasteiger partial charge is 0.361 e. The molecule has 5 rings (SSSR count). The summed E-state index contributed by atoms with van der Waals surface area (Å²) in [5.41, 5.74) is 7.18. The predicted octanol–water partition coefficient (Wildman–Crippen LogP) is 8.19. The monoisotopic (exact) mass is 473 g/mol. The molecule has 0 atom stereocenters. The van der Waals surface area contributed by atoms with Crippen LogP contribution in [0.25, 0.3) is 11.1 Å². The lowest BCUT2D eigenvalue weighted by atomic mass is 9.88. The third kappa shape index (κ3) is 4.23. The number of halogens is 1. The Bertz CT molecular complexity index is 1230. The SMILES string of the molecule is Cc1ccc(-c2c(C)noc2C)cc1N(CC1CCCCC1)c1ccc(C2(C#N)CC2)c(Cl)c1. The van der Waals surface area contributed by atoms with E-state index in [1.54, 1.807) is 0 Å². The van der Waals surface area contributed by atoms with E-state index in [1.165, 1.54) is 43.4 Å². The standard InChI is InChI=1S/C29H32ClN3O/c1-19-9-10-23(28-20(2)32-34-21(28)3)15-27(19)33(17-22-7-5-4-6-8-22)24-11-12-25(26(30)16-24)29(18-31)13-14-29/h9-12,15-16,22H,4-8,13-14,17H2,1-3H3. The minimum atomic E-state index is -0.386. The number of hydrogen-bond acceptors (Lipinski definition) is 4. The van der Waals surface area contributed by atoms with Gasteiger partial charge in [-0.05, 0) is 87.3 Å². The molecule has 0 bridgehead atoms. The van der Waals surface area contributed by atoms with Crippen molar-refractivity contribution in [2.75, 3.05) is 11.4 Å². The number of hydrogen-bond donors (Lipinski definition) is 0. The third-order valence-corrected chi connectivity index (χ3v) is 8.04. The molecule has 0 amide bonds. The molecule has 2 fully saturated rings. The van der Waals surface area contributed by atoms with Crippen molar-refractivity contribution < 1.29 is 4.52 Å². The summed E-state index contributed by atoms with van der Waals surface area (Å²) < 4.78 is 5.46. The Balaban J connectivity index is 1.58. The van der Waals surface area contributed by atoms with E-state index in [4.69, 9.17) is 16.1 Å². The predicted molar refractivity (Wildman–Crippen MR) is 138 cm³/mol. The minimum Gasteiger partial charge on any atom is -0.361 e. The molecule has 0 unspecified atom stereocenters. The quantitative estimate of drug-likeness (QED) is 0.362. The zero-order valence-electron chi connectivity index (χ0n) is 20.3. The van der Waals surface area contributed by atoms with Crippen LogP contribution in [0.15, 0.2) is 40.9 Å². The van der Waals surface area contributed by atoms with Gasteiger partial charge in [0.25, 0.3) is 0 Å². The second kappa shape index (κ2) is 9.12. The van der Waals surface area contributed by atoms with Crippen LogP contribution < -0.4 is 4.90 Å². The van der Waals surface area contributed by atoms with E-state index in [-0.39, 0.29) is 5.41 Å². The maximum Gasteiger partial charge on any atom is 0.141 e. The van der Waals surface area contributed by atoms with Crippen LogP contribution in [0, 0.1) is 38.0 Å². The van der Waals surface area contributed by atoms with Crippen LogP contribution in [0.5, 0.6) is 0 Å². The van der Waals surface area contributed by atoms with E-state index in [0.717, 1.165) is 53.2 Å². The van der Waals surface area contributed by atoms with Crippen molar-refractivity contribution in [3.05, 3.63) is 64.0 Å². The summed E-state index contributed by atoms with van der Waals surface area (Å²) in [4.78, 5) is 2.44. The number of aryl methyl sites for hydroxylation is 3. The Hall–Kier alpha value is -2.77. The summed E-state index contributed by atoms with van der Waals surface area (Å²) in [6.45, 7) is 7.10. The van der Waals surface area contributed by atoms with Crippen LogP contribution in [-0.2, 0) is 5.41 Å². The lowest BCUT2D eigenvalue weighted by Gasteiger charge is -2.33. The van der Waals surface area contributed by atoms with Crippen molar-refractivity contribution in [2.45, 2.75) is 71.1 Å². The van der Waals surface area contributed by atoms with Gasteiger partial charge in [-0.2, -0.15) is 5.26 Å². The van der Waals surface area contributed by atoms with Crippen molar-refractivity contribution in [3.8, 4) is 17.2 Å². The summed E-state index contributed by atoms with van der Waals surface area (Å²) in [6.07, 6.45) is 8.28. The molecule has 3 aromatic rings. The van der Waals surface area contributed by atoms with Crippen LogP contribution in [0.4, 0.5) is 11.4 Å². The van der Waals surface area contributed by atoms with E-state index in [2.05, 4.69) is 59.4 Å². The average molecular weight is 474 g/mol. The highest BCUT2D eigenvalue weighted by Crippen LogP contribution is 2.50. The Morgan fingerprint density at radius 3 is 2.47 bits per heavy atom. The van der Waals surface area contributed by atoms with Crippen LogP contribution in [0.3, 0.4) is 0 Å². The van der Waals surface area contributed by atoms with Gasteiger partial charge in [-0.1, -0.05) is 54.2 Å². The summed E-state index contributed by atoms with van der Waals surface area (Å²) >= 11 is 6.80. The first-order valence-corrected chi connectivity index (χ1v) is 12.8. The lowest BCUT2D eigenvalue weighted by molar-refractivity contribution is 0.365. The van der Waals surface area contributed by atoms with Crippen LogP contribution in [-0.4, -0.2) is 11.7 Å². The molecule has 2 saturated carbocycles. The van der Waals surface area contributed by atoms with Crippen LogP contribution in [0.1, 0.15) is 67.5 Å². The molecule has 2 aromatic carbocycles. The molecule has 0 N–H and O–H groups in total. The van der Waals surface area contributed by atoms with Crippen LogP contribution in [0.2, 0.25) is 5.02 Å². The van der Waals surface area contributed by atoms with Gasteiger partial charge in [0.05, 0.1) is 17.2 Å². The van der Waals surface area contributed by atoms with Gasteiger partial charge in [-0.25, -0.2) is 0 Å². The summed E-state index contributed by atoms with van der Waals surface area (Å²) in [7, 11) is 0. The van der Waals surface area contributed by atoms with Crippen molar-refractivity contribution in [1.29, 1.82) is 5.26 Å². The van der Waals surface area contributed by atoms with E-state index in [1.807, 2.05) is 13.8 Å². The van der Waals surface area contributed by atoms with Gasteiger partial charge in [0.2, 0.25) is 0 Å². The van der Waals surface area contributed by atoms with Crippen molar-refractivity contribution in [2.24, 2.45) is 5.92 Å². The number of nitriles is 1. The highest BCUT2D eigenvalue weighted by Gasteiger charge is 2.46. The number of rotatable bonds is 6. The van der Waals surface area contributed by atoms with Crippen molar-refractivity contribution in [3.63, 3.8) is 0 Å². The fraction of sp³-hybridized carbons (Fsp3) is 0.448. The zero-order valence-corrected chi connectivity index (χ0v) is 21.1. The highest BCUT2D eigenvalue weighted by atomic mass is 35.5. The zero-order chi connectivity index (χ0) is 23.9. The molecule has 0 radical (unpaired) electrons. The molecule has 34 heavy (non-hydrogen) atoms. The molecule has 2 aliphatic rings. The van der Waals surface area contributed by atoms with Crippen LogP contribution >= 0.6 is 11.6 Å². The minimum absolute atomic E-state index is 0.386. The van der Waals surface area contributed by atoms with Crippen molar-refractivity contribution >= 4 is 23.0 Å². The Labute approximate surface area is 207 Å². The summed E-state index contributed by atoms with van der Waals surface area (Å²) in [6, 6.07) is 15.4. The molecule has 1 aromatic heterocycles. The highest BCUT2D eigenvalue weighted by molar-refractivity contribution is 6.32. The number of anilines is 2. The topological polar surface area (TPSA) is 53.1 Å². The first-order valence-electron chi connectivity index (χ1n) is 12.4. The third-order valence-electron chi connectivity index (χ3n) is 7.73. The molecular weight excluding hydrogens is 442 g/mol. The number of nitrogens with zero attached hydrogens (tertiary/aromatic N) is 3. The molecule has 0 spiro atoms. The molecule has 2 aliphatic carbocycles. The maximum absolute atomic E-state index is 9.68. The average Bonchev–Trinajstić information content (AvgIpc) is 3.57. The molecule has 0 saturated heterocycles. The second-order valence-corrected chi connectivity index (χ2v) is 10.6. The summed E-state index contributed by atoms with van der Waals surface area (Å²) in [5, 5.41) is 14.5. The molecular formula is C29H32ClN3O. The van der Waals surface area contributed by atoms with Gasteiger partial charge in [0.1, 0.15) is 5.76 Å². The molecule has 176 valence electrons. The van der Waals surface area contributed by atoms with E-state index >= 15 is 0 Å². The van der Waals surface area contributed by atoms with E-state index in [0.29, 0.717) is 10.9 Å². The van der Waals surface area contributed by atoms with Gasteiger partial charge in [0, 0.05) is 28.5 Å². The van der Waals surface area contributed by atoms with Gasteiger partial charge in [0.15, 0.2) is 0 Å². The Kier molecular flexibility index (Phi) is 6.16. The smallest absolute Gasteiger partial charge is 0.141 e. The molecule has 4 nitrogen and oxygen atoms in total. The molecule has 1 heterocycles. The van der Waals surface area contributed by atoms with Gasteiger partial charge in [-0.3, -0.25) is 0 Å². The van der Waals surface area contributed by atoms with Gasteiger partial charge >= 0.3 is 0 Å². The maximum atomic E-state index is 9.68. The normalized spacial score (nSPS) is 17.4. The Morgan fingerprint density at radius 1 is 1.09 bits per heavy atom. The second-order valence-electron chi connectivity index (χ2n) is 10.2. The van der Waals surface area contributed by atoms with Crippen molar-refractivity contribution in [1.82, 2.24) is 5.16 Å². The van der Waals surface area contributed by atoms with E-state index < -0.39 is 0 Å². The first kappa shape index (κ1) is 23.0. The molecule has 5 heteroatoms. The van der Waals surface area contributed by atoms with Gasteiger partial charge < -0.3 is 9.42 Å². The lowest BCUT2D eigenvalue weighted by Crippen LogP contribution is -2.27. The van der Waals surface area contributed by atoms with E-state index in [9.17, 15) is 5.26 Å².